The van der Waals surface area contributed by atoms with E-state index in [9.17, 15) is 9.59 Å². The summed E-state index contributed by atoms with van der Waals surface area (Å²) in [6.07, 6.45) is 6.78. The Labute approximate surface area is 115 Å². The molecular formula is C16H12N2O2. The number of hydrogen-bond donors (Lipinski definition) is 0. The molecule has 0 N–H and O–H groups in total. The molecule has 0 radical (unpaired) electrons. The summed E-state index contributed by atoms with van der Waals surface area (Å²) in [5.74, 6) is -0.232. The van der Waals surface area contributed by atoms with Crippen molar-refractivity contribution >= 4 is 11.8 Å². The topological polar surface area (TPSA) is 44.0 Å². The van der Waals surface area contributed by atoms with E-state index < -0.39 is 0 Å². The van der Waals surface area contributed by atoms with Crippen LogP contribution in [-0.4, -0.2) is 20.9 Å². The van der Waals surface area contributed by atoms with Gasteiger partial charge in [-0.1, -0.05) is 0 Å². The zero-order chi connectivity index (χ0) is 13.9. The third-order valence-electron chi connectivity index (χ3n) is 3.06. The molecule has 0 fully saturated rings. The second-order valence-corrected chi connectivity index (χ2v) is 4.37. The molecule has 2 aromatic heterocycles. The van der Waals surface area contributed by atoms with Crippen LogP contribution in [0.25, 0.3) is 0 Å². The standard InChI is InChI=1S/C16H12N2O2/c19-15(17-9-1-2-10-17)13-5-7-14(8-6-13)16(20)18-11-3-4-12-18/h1-12H. The fourth-order valence-corrected chi connectivity index (χ4v) is 1.99. The molecule has 0 aliphatic rings. The van der Waals surface area contributed by atoms with E-state index in [1.54, 1.807) is 73.3 Å². The molecule has 20 heavy (non-hydrogen) atoms. The van der Waals surface area contributed by atoms with Crippen molar-refractivity contribution in [3.05, 3.63) is 84.4 Å². The molecule has 4 heteroatoms. The van der Waals surface area contributed by atoms with Crippen molar-refractivity contribution in [2.24, 2.45) is 0 Å². The Morgan fingerprint density at radius 2 is 0.900 bits per heavy atom. The van der Waals surface area contributed by atoms with Crippen LogP contribution in [0.2, 0.25) is 0 Å². The number of aromatic nitrogens is 2. The summed E-state index contributed by atoms with van der Waals surface area (Å²) in [4.78, 5) is 24.2. The molecule has 0 amide bonds. The van der Waals surface area contributed by atoms with E-state index in [0.717, 1.165) is 0 Å². The quantitative estimate of drug-likeness (QED) is 0.714. The Bertz CT molecular complexity index is 658. The summed E-state index contributed by atoms with van der Waals surface area (Å²) in [6.45, 7) is 0. The van der Waals surface area contributed by atoms with Crippen LogP contribution < -0.4 is 0 Å². The van der Waals surface area contributed by atoms with Gasteiger partial charge in [-0.05, 0) is 48.5 Å². The molecule has 98 valence electrons. The average Bonchev–Trinajstić information content (AvgIpc) is 3.18. The first-order valence-electron chi connectivity index (χ1n) is 6.21. The van der Waals surface area contributed by atoms with Crippen LogP contribution in [0.3, 0.4) is 0 Å². The van der Waals surface area contributed by atoms with Crippen LogP contribution in [0, 0.1) is 0 Å². The maximum Gasteiger partial charge on any atom is 0.261 e. The fraction of sp³-hybridized carbons (Fsp3) is 0. The van der Waals surface area contributed by atoms with E-state index in [4.69, 9.17) is 0 Å². The Balaban J connectivity index is 1.85. The van der Waals surface area contributed by atoms with E-state index in [-0.39, 0.29) is 11.8 Å². The largest absolute Gasteiger partial charge is 0.291 e. The maximum absolute atomic E-state index is 12.1. The molecule has 1 aromatic carbocycles. The number of nitrogens with zero attached hydrogens (tertiary/aromatic N) is 2. The lowest BCUT2D eigenvalue weighted by molar-refractivity contribution is 0.0948. The van der Waals surface area contributed by atoms with Crippen LogP contribution in [0.15, 0.2) is 73.3 Å². The zero-order valence-corrected chi connectivity index (χ0v) is 10.6. The molecule has 2 heterocycles. The van der Waals surface area contributed by atoms with E-state index in [2.05, 4.69) is 0 Å². The van der Waals surface area contributed by atoms with Crippen LogP contribution in [-0.2, 0) is 0 Å². The second-order valence-electron chi connectivity index (χ2n) is 4.37. The highest BCUT2D eigenvalue weighted by Crippen LogP contribution is 2.09. The lowest BCUT2D eigenvalue weighted by Crippen LogP contribution is -2.12. The molecule has 0 spiro atoms. The molecule has 0 aliphatic carbocycles. The molecule has 0 bridgehead atoms. The fourth-order valence-electron chi connectivity index (χ4n) is 1.99. The summed E-state index contributed by atoms with van der Waals surface area (Å²) in [5.41, 5.74) is 1.09. The smallest absolute Gasteiger partial charge is 0.261 e. The average molecular weight is 264 g/mol. The molecule has 0 saturated carbocycles. The summed E-state index contributed by atoms with van der Waals surface area (Å²) in [5, 5.41) is 0. The third-order valence-corrected chi connectivity index (χ3v) is 3.06. The van der Waals surface area contributed by atoms with Gasteiger partial charge in [0.15, 0.2) is 0 Å². The van der Waals surface area contributed by atoms with Gasteiger partial charge in [-0.2, -0.15) is 0 Å². The number of carbonyl (C=O) groups is 2. The van der Waals surface area contributed by atoms with Gasteiger partial charge in [0.25, 0.3) is 11.8 Å². The van der Waals surface area contributed by atoms with Crippen molar-refractivity contribution < 1.29 is 9.59 Å². The summed E-state index contributed by atoms with van der Waals surface area (Å²) < 4.78 is 3.01. The molecule has 0 atom stereocenters. The minimum atomic E-state index is -0.116. The van der Waals surface area contributed by atoms with Crippen molar-refractivity contribution in [3.8, 4) is 0 Å². The van der Waals surface area contributed by atoms with E-state index >= 15 is 0 Å². The summed E-state index contributed by atoms with van der Waals surface area (Å²) >= 11 is 0. The lowest BCUT2D eigenvalue weighted by Gasteiger charge is -2.04. The van der Waals surface area contributed by atoms with Gasteiger partial charge in [0, 0.05) is 35.9 Å². The minimum absolute atomic E-state index is 0.116. The first-order valence-corrected chi connectivity index (χ1v) is 6.21. The van der Waals surface area contributed by atoms with Gasteiger partial charge < -0.3 is 0 Å². The molecule has 0 unspecified atom stereocenters. The first-order chi connectivity index (χ1) is 9.75. The van der Waals surface area contributed by atoms with Gasteiger partial charge in [-0.25, -0.2) is 0 Å². The molecular weight excluding hydrogens is 252 g/mol. The van der Waals surface area contributed by atoms with Crippen LogP contribution in [0.1, 0.15) is 20.7 Å². The normalized spacial score (nSPS) is 10.4. The predicted molar refractivity (Wildman–Crippen MR) is 74.8 cm³/mol. The van der Waals surface area contributed by atoms with Gasteiger partial charge in [-0.3, -0.25) is 18.7 Å². The summed E-state index contributed by atoms with van der Waals surface area (Å²) in [6, 6.07) is 13.8. The predicted octanol–water partition coefficient (Wildman–Crippen LogP) is 2.67. The van der Waals surface area contributed by atoms with Crippen LogP contribution >= 0.6 is 0 Å². The molecule has 0 aliphatic heterocycles. The van der Waals surface area contributed by atoms with Gasteiger partial charge in [0.05, 0.1) is 0 Å². The Kier molecular flexibility index (Phi) is 3.05. The SMILES string of the molecule is O=C(c1ccc(C(=O)n2cccc2)cc1)n1cccc1. The second kappa shape index (κ2) is 5.01. The van der Waals surface area contributed by atoms with Crippen molar-refractivity contribution in [1.29, 1.82) is 0 Å². The first kappa shape index (κ1) is 12.2. The Morgan fingerprint density at radius 1 is 0.600 bits per heavy atom. The number of rotatable bonds is 2. The minimum Gasteiger partial charge on any atom is -0.291 e. The highest BCUT2D eigenvalue weighted by molar-refractivity contribution is 5.99. The Morgan fingerprint density at radius 3 is 1.20 bits per heavy atom. The van der Waals surface area contributed by atoms with Crippen molar-refractivity contribution in [1.82, 2.24) is 9.13 Å². The van der Waals surface area contributed by atoms with Gasteiger partial charge in [-0.15, -0.1) is 0 Å². The van der Waals surface area contributed by atoms with Gasteiger partial charge >= 0.3 is 0 Å². The van der Waals surface area contributed by atoms with Gasteiger partial charge in [0.1, 0.15) is 0 Å². The zero-order valence-electron chi connectivity index (χ0n) is 10.6. The van der Waals surface area contributed by atoms with E-state index in [1.165, 1.54) is 9.13 Å². The molecule has 4 nitrogen and oxygen atoms in total. The van der Waals surface area contributed by atoms with Crippen molar-refractivity contribution in [2.45, 2.75) is 0 Å². The highest BCUT2D eigenvalue weighted by Gasteiger charge is 2.10. The van der Waals surface area contributed by atoms with E-state index in [1.807, 2.05) is 0 Å². The highest BCUT2D eigenvalue weighted by atomic mass is 16.2. The van der Waals surface area contributed by atoms with Crippen molar-refractivity contribution in [2.75, 3.05) is 0 Å². The van der Waals surface area contributed by atoms with E-state index in [0.29, 0.717) is 11.1 Å². The molecule has 3 aromatic rings. The number of benzene rings is 1. The van der Waals surface area contributed by atoms with Crippen LogP contribution in [0.5, 0.6) is 0 Å². The third kappa shape index (κ3) is 2.19. The number of hydrogen-bond acceptors (Lipinski definition) is 2. The monoisotopic (exact) mass is 264 g/mol. The van der Waals surface area contributed by atoms with Crippen molar-refractivity contribution in [3.63, 3.8) is 0 Å². The Hall–Kier alpha value is -2.88. The summed E-state index contributed by atoms with van der Waals surface area (Å²) in [7, 11) is 0. The van der Waals surface area contributed by atoms with Gasteiger partial charge in [0.2, 0.25) is 0 Å². The lowest BCUT2D eigenvalue weighted by atomic mass is 10.1. The maximum atomic E-state index is 12.1. The number of carbonyl (C=O) groups excluding carboxylic acids is 2. The molecule has 0 saturated heterocycles. The molecule has 3 rings (SSSR count). The van der Waals surface area contributed by atoms with Crippen LogP contribution in [0.4, 0.5) is 0 Å².